The molecule has 0 unspecified atom stereocenters. The van der Waals surface area contributed by atoms with Gasteiger partial charge in [0.15, 0.2) is 17.5 Å². The summed E-state index contributed by atoms with van der Waals surface area (Å²) >= 11 is 0. The highest BCUT2D eigenvalue weighted by Gasteiger charge is 2.27. The topological polar surface area (TPSA) is 29.5 Å². The molecular weight excluding hydrogens is 233 g/mol. The number of benzene rings is 1. The average molecular weight is 246 g/mol. The first-order valence-corrected chi connectivity index (χ1v) is 5.46. The Labute approximate surface area is 97.0 Å². The summed E-state index contributed by atoms with van der Waals surface area (Å²) in [5, 5.41) is 9.04. The molecule has 0 aliphatic heterocycles. The summed E-state index contributed by atoms with van der Waals surface area (Å²) < 4.78 is 43.9. The van der Waals surface area contributed by atoms with Crippen molar-refractivity contribution in [3.63, 3.8) is 0 Å². The van der Waals surface area contributed by atoms with Crippen LogP contribution in [0, 0.1) is 23.4 Å². The highest BCUT2D eigenvalue weighted by atomic mass is 19.2. The summed E-state index contributed by atoms with van der Waals surface area (Å²) in [7, 11) is 0. The lowest BCUT2D eigenvalue weighted by atomic mass is 9.83. The van der Waals surface area contributed by atoms with Crippen LogP contribution in [-0.2, 0) is 11.3 Å². The summed E-state index contributed by atoms with van der Waals surface area (Å²) in [4.78, 5) is 0. The lowest BCUT2D eigenvalue weighted by Gasteiger charge is -2.30. The van der Waals surface area contributed by atoms with Gasteiger partial charge in [-0.15, -0.1) is 0 Å². The van der Waals surface area contributed by atoms with Crippen molar-refractivity contribution >= 4 is 0 Å². The molecule has 1 saturated carbocycles. The largest absolute Gasteiger partial charge is 0.393 e. The predicted octanol–water partition coefficient (Wildman–Crippen LogP) is 2.39. The first kappa shape index (κ1) is 12.4. The fourth-order valence-electron chi connectivity index (χ4n) is 1.85. The third kappa shape index (κ3) is 2.79. The van der Waals surface area contributed by atoms with Crippen molar-refractivity contribution in [2.24, 2.45) is 5.92 Å². The smallest absolute Gasteiger partial charge is 0.194 e. The second kappa shape index (κ2) is 5.06. The minimum Gasteiger partial charge on any atom is -0.393 e. The Bertz CT molecular complexity index is 403. The molecule has 0 amide bonds. The Balaban J connectivity index is 1.85. The number of aliphatic hydroxyl groups is 1. The first-order chi connectivity index (χ1) is 8.08. The van der Waals surface area contributed by atoms with E-state index in [0.29, 0.717) is 19.4 Å². The summed E-state index contributed by atoms with van der Waals surface area (Å²) in [6.07, 6.45) is 1.10. The maximum absolute atomic E-state index is 13.2. The third-order valence-electron chi connectivity index (χ3n) is 2.94. The van der Waals surface area contributed by atoms with Crippen LogP contribution in [0.3, 0.4) is 0 Å². The summed E-state index contributed by atoms with van der Waals surface area (Å²) in [6, 6.07) is 2.05. The molecule has 0 saturated heterocycles. The predicted molar refractivity (Wildman–Crippen MR) is 54.7 cm³/mol. The fraction of sp³-hybridized carbons (Fsp3) is 0.500. The Morgan fingerprint density at radius 2 is 1.88 bits per heavy atom. The first-order valence-electron chi connectivity index (χ1n) is 5.46. The summed E-state index contributed by atoms with van der Waals surface area (Å²) in [5.41, 5.74) is 0.00349. The quantitative estimate of drug-likeness (QED) is 0.826. The van der Waals surface area contributed by atoms with Gasteiger partial charge < -0.3 is 9.84 Å². The summed E-state index contributed by atoms with van der Waals surface area (Å²) in [6.45, 7) is 0.311. The Hall–Kier alpha value is -1.07. The molecule has 5 heteroatoms. The molecule has 2 nitrogen and oxygen atoms in total. The van der Waals surface area contributed by atoms with Gasteiger partial charge in [0, 0.05) is 5.56 Å². The van der Waals surface area contributed by atoms with Crippen LogP contribution in [0.5, 0.6) is 0 Å². The third-order valence-corrected chi connectivity index (χ3v) is 2.94. The van der Waals surface area contributed by atoms with Crippen molar-refractivity contribution in [1.82, 2.24) is 0 Å². The zero-order valence-corrected chi connectivity index (χ0v) is 9.13. The molecule has 0 heterocycles. The molecule has 2 rings (SSSR count). The molecule has 1 N–H and O–H groups in total. The Morgan fingerprint density at radius 3 is 2.53 bits per heavy atom. The van der Waals surface area contributed by atoms with Gasteiger partial charge in [-0.1, -0.05) is 6.07 Å². The van der Waals surface area contributed by atoms with Gasteiger partial charge in [0.25, 0.3) is 0 Å². The van der Waals surface area contributed by atoms with E-state index in [2.05, 4.69) is 0 Å². The zero-order chi connectivity index (χ0) is 12.4. The van der Waals surface area contributed by atoms with Crippen molar-refractivity contribution in [2.45, 2.75) is 25.6 Å². The Morgan fingerprint density at radius 1 is 1.18 bits per heavy atom. The molecule has 0 radical (unpaired) electrons. The second-order valence-electron chi connectivity index (χ2n) is 4.34. The van der Waals surface area contributed by atoms with Crippen LogP contribution in [0.2, 0.25) is 0 Å². The highest BCUT2D eigenvalue weighted by molar-refractivity contribution is 5.19. The lowest BCUT2D eigenvalue weighted by Crippen LogP contribution is -2.31. The fourth-order valence-corrected chi connectivity index (χ4v) is 1.85. The van der Waals surface area contributed by atoms with Crippen LogP contribution in [0.1, 0.15) is 18.4 Å². The van der Waals surface area contributed by atoms with Crippen molar-refractivity contribution < 1.29 is 23.0 Å². The number of rotatable bonds is 4. The molecule has 1 fully saturated rings. The standard InChI is InChI=1S/C12H13F3O2/c13-10-2-1-8(11(14)12(10)15)6-17-5-7-3-9(16)4-7/h1-2,7,9,16H,3-6H2/t7-,9+. The van der Waals surface area contributed by atoms with Crippen molar-refractivity contribution in [3.05, 3.63) is 35.1 Å². The maximum atomic E-state index is 13.2. The zero-order valence-electron chi connectivity index (χ0n) is 9.13. The van der Waals surface area contributed by atoms with Crippen LogP contribution in [-0.4, -0.2) is 17.8 Å². The second-order valence-corrected chi connectivity index (χ2v) is 4.34. The molecule has 0 bridgehead atoms. The number of ether oxygens (including phenoxy) is 1. The van der Waals surface area contributed by atoms with Crippen LogP contribution < -0.4 is 0 Å². The number of halogens is 3. The average Bonchev–Trinajstić information content (AvgIpc) is 2.26. The van der Waals surface area contributed by atoms with E-state index >= 15 is 0 Å². The molecule has 0 atom stereocenters. The lowest BCUT2D eigenvalue weighted by molar-refractivity contribution is -0.0151. The highest BCUT2D eigenvalue weighted by Crippen LogP contribution is 2.27. The molecule has 17 heavy (non-hydrogen) atoms. The van der Waals surface area contributed by atoms with E-state index in [4.69, 9.17) is 9.84 Å². The van der Waals surface area contributed by atoms with Gasteiger partial charge in [-0.05, 0) is 24.8 Å². The van der Waals surface area contributed by atoms with Gasteiger partial charge in [0.05, 0.1) is 19.3 Å². The number of hydrogen-bond donors (Lipinski definition) is 1. The summed E-state index contributed by atoms with van der Waals surface area (Å²) in [5.74, 6) is -3.59. The number of hydrogen-bond acceptors (Lipinski definition) is 2. The molecule has 1 aliphatic carbocycles. The van der Waals surface area contributed by atoms with Gasteiger partial charge in [-0.25, -0.2) is 13.2 Å². The minimum absolute atomic E-state index is 0.00349. The van der Waals surface area contributed by atoms with E-state index in [-0.39, 0.29) is 24.2 Å². The SMILES string of the molecule is O[C@H]1C[C@@H](COCc2ccc(F)c(F)c2F)C1. The van der Waals surface area contributed by atoms with Gasteiger partial charge in [-0.2, -0.15) is 0 Å². The van der Waals surface area contributed by atoms with Crippen LogP contribution in [0.25, 0.3) is 0 Å². The van der Waals surface area contributed by atoms with Crippen molar-refractivity contribution in [2.75, 3.05) is 6.61 Å². The monoisotopic (exact) mass is 246 g/mol. The van der Waals surface area contributed by atoms with E-state index in [1.807, 2.05) is 0 Å². The minimum atomic E-state index is -1.47. The maximum Gasteiger partial charge on any atom is 0.194 e. The van der Waals surface area contributed by atoms with Crippen LogP contribution in [0.4, 0.5) is 13.2 Å². The molecule has 1 aliphatic rings. The van der Waals surface area contributed by atoms with E-state index in [1.165, 1.54) is 6.07 Å². The van der Waals surface area contributed by atoms with Gasteiger partial charge >= 0.3 is 0 Å². The Kier molecular flexibility index (Phi) is 3.69. The molecule has 0 spiro atoms. The van der Waals surface area contributed by atoms with E-state index in [0.717, 1.165) is 6.07 Å². The number of aliphatic hydroxyl groups excluding tert-OH is 1. The van der Waals surface area contributed by atoms with Crippen molar-refractivity contribution in [3.8, 4) is 0 Å². The van der Waals surface area contributed by atoms with Gasteiger partial charge in [0.1, 0.15) is 0 Å². The molecule has 1 aromatic carbocycles. The molecular formula is C12H13F3O2. The van der Waals surface area contributed by atoms with E-state index in [1.54, 1.807) is 0 Å². The van der Waals surface area contributed by atoms with E-state index in [9.17, 15) is 13.2 Å². The normalized spacial score (nSPS) is 23.5. The molecule has 94 valence electrons. The van der Waals surface area contributed by atoms with Gasteiger partial charge in [-0.3, -0.25) is 0 Å². The van der Waals surface area contributed by atoms with Crippen molar-refractivity contribution in [1.29, 1.82) is 0 Å². The van der Waals surface area contributed by atoms with E-state index < -0.39 is 17.5 Å². The molecule has 1 aromatic rings. The van der Waals surface area contributed by atoms with Crippen LogP contribution >= 0.6 is 0 Å². The molecule has 0 aromatic heterocycles. The van der Waals surface area contributed by atoms with Crippen LogP contribution in [0.15, 0.2) is 12.1 Å². The van der Waals surface area contributed by atoms with Gasteiger partial charge in [0.2, 0.25) is 0 Å².